The summed E-state index contributed by atoms with van der Waals surface area (Å²) >= 11 is 0. The Morgan fingerprint density at radius 1 is 1.48 bits per heavy atom. The highest BCUT2D eigenvalue weighted by Gasteiger charge is 2.34. The number of amides is 1. The molecule has 0 bridgehead atoms. The van der Waals surface area contributed by atoms with Gasteiger partial charge >= 0.3 is 0 Å². The zero-order valence-electron chi connectivity index (χ0n) is 13.5. The van der Waals surface area contributed by atoms with Crippen LogP contribution in [0.5, 0.6) is 0 Å². The van der Waals surface area contributed by atoms with Crippen molar-refractivity contribution in [2.24, 2.45) is 0 Å². The molecule has 23 heavy (non-hydrogen) atoms. The Balaban J connectivity index is 2.10. The van der Waals surface area contributed by atoms with Gasteiger partial charge in [0.15, 0.2) is 9.84 Å². The number of hydrogen-bond donors (Lipinski definition) is 1. The van der Waals surface area contributed by atoms with Gasteiger partial charge in [-0.15, -0.1) is 0 Å². The van der Waals surface area contributed by atoms with Crippen LogP contribution in [0.4, 0.5) is 5.69 Å². The fraction of sp³-hybridized carbons (Fsp3) is 0.600. The number of aromatic nitrogens is 1. The smallest absolute Gasteiger partial charge is 0.255 e. The second-order valence-corrected chi connectivity index (χ2v) is 7.76. The van der Waals surface area contributed by atoms with Crippen molar-refractivity contribution >= 4 is 21.4 Å². The summed E-state index contributed by atoms with van der Waals surface area (Å²) in [6, 6.07) is 1.49. The van der Waals surface area contributed by atoms with E-state index in [1.165, 1.54) is 6.20 Å². The van der Waals surface area contributed by atoms with Crippen LogP contribution in [0.3, 0.4) is 0 Å². The molecule has 2 heterocycles. The number of nitrogens with zero attached hydrogens (tertiary/aromatic N) is 2. The molecule has 8 heteroatoms. The van der Waals surface area contributed by atoms with E-state index < -0.39 is 9.84 Å². The molecule has 1 saturated heterocycles. The minimum Gasteiger partial charge on any atom is -0.383 e. The van der Waals surface area contributed by atoms with E-state index in [1.807, 2.05) is 6.92 Å². The normalized spacial score (nSPS) is 19.5. The summed E-state index contributed by atoms with van der Waals surface area (Å²) in [5.74, 6) is 0.0156. The van der Waals surface area contributed by atoms with Crippen molar-refractivity contribution < 1.29 is 17.9 Å². The standard InChI is InChI=1S/C15H23N3O4S/c1-3-18(14-4-7-23(20,21)11-14)15(19)12-8-13(10-16-9-12)17-5-6-22-2/h8-10,14,17H,3-7,11H2,1-2H3. The van der Waals surface area contributed by atoms with Gasteiger partial charge in [-0.1, -0.05) is 0 Å². The summed E-state index contributed by atoms with van der Waals surface area (Å²) in [7, 11) is -1.41. The van der Waals surface area contributed by atoms with E-state index in [1.54, 1.807) is 24.3 Å². The highest BCUT2D eigenvalue weighted by Crippen LogP contribution is 2.20. The van der Waals surface area contributed by atoms with Gasteiger partial charge in [0.1, 0.15) is 0 Å². The molecule has 0 aliphatic carbocycles. The van der Waals surface area contributed by atoms with Gasteiger partial charge in [0.05, 0.1) is 29.4 Å². The SMILES string of the molecule is CCN(C(=O)c1cncc(NCCOC)c1)C1CCS(=O)(=O)C1. The third-order valence-corrected chi connectivity index (χ3v) is 5.62. The Labute approximate surface area is 137 Å². The van der Waals surface area contributed by atoms with Gasteiger partial charge in [-0.25, -0.2) is 8.42 Å². The molecule has 1 unspecified atom stereocenters. The Morgan fingerprint density at radius 3 is 2.87 bits per heavy atom. The average Bonchev–Trinajstić information content (AvgIpc) is 2.88. The number of methoxy groups -OCH3 is 1. The molecule has 0 aromatic carbocycles. The van der Waals surface area contributed by atoms with Crippen LogP contribution < -0.4 is 5.32 Å². The van der Waals surface area contributed by atoms with Crippen LogP contribution in [0, 0.1) is 0 Å². The van der Waals surface area contributed by atoms with Crippen LogP contribution in [0.15, 0.2) is 18.5 Å². The molecule has 0 spiro atoms. The molecule has 1 fully saturated rings. The Bertz CT molecular complexity index is 648. The van der Waals surface area contributed by atoms with Gasteiger partial charge in [-0.3, -0.25) is 9.78 Å². The third-order valence-electron chi connectivity index (χ3n) is 3.87. The first-order chi connectivity index (χ1) is 11.0. The van der Waals surface area contributed by atoms with Gasteiger partial charge in [-0.2, -0.15) is 0 Å². The minimum atomic E-state index is -3.03. The molecule has 1 aromatic rings. The average molecular weight is 341 g/mol. The topological polar surface area (TPSA) is 88.6 Å². The molecule has 128 valence electrons. The molecule has 1 aromatic heterocycles. The lowest BCUT2D eigenvalue weighted by molar-refractivity contribution is 0.0708. The van der Waals surface area contributed by atoms with Crippen molar-refractivity contribution in [2.75, 3.05) is 43.6 Å². The minimum absolute atomic E-state index is 0.0474. The molecular weight excluding hydrogens is 318 g/mol. The zero-order valence-corrected chi connectivity index (χ0v) is 14.3. The number of anilines is 1. The molecule has 1 aliphatic heterocycles. The number of carbonyl (C=O) groups is 1. The number of rotatable bonds is 7. The monoisotopic (exact) mass is 341 g/mol. The molecule has 1 N–H and O–H groups in total. The lowest BCUT2D eigenvalue weighted by atomic mass is 10.1. The number of hydrogen-bond acceptors (Lipinski definition) is 6. The number of nitrogens with one attached hydrogen (secondary N) is 1. The van der Waals surface area contributed by atoms with Crippen molar-refractivity contribution in [3.63, 3.8) is 0 Å². The Hall–Kier alpha value is -1.67. The lowest BCUT2D eigenvalue weighted by Crippen LogP contribution is -2.41. The molecule has 1 aliphatic rings. The van der Waals surface area contributed by atoms with Gasteiger partial charge < -0.3 is 15.0 Å². The van der Waals surface area contributed by atoms with Crippen LogP contribution in [0.2, 0.25) is 0 Å². The Kier molecular flexibility index (Phi) is 5.95. The van der Waals surface area contributed by atoms with Crippen LogP contribution in [0.25, 0.3) is 0 Å². The van der Waals surface area contributed by atoms with Crippen molar-refractivity contribution in [1.29, 1.82) is 0 Å². The molecule has 7 nitrogen and oxygen atoms in total. The van der Waals surface area contributed by atoms with Crippen LogP contribution in [0.1, 0.15) is 23.7 Å². The first kappa shape index (κ1) is 17.7. The summed E-state index contributed by atoms with van der Waals surface area (Å²) in [5, 5.41) is 3.13. The van der Waals surface area contributed by atoms with E-state index in [2.05, 4.69) is 10.3 Å². The van der Waals surface area contributed by atoms with Crippen molar-refractivity contribution in [1.82, 2.24) is 9.88 Å². The maximum Gasteiger partial charge on any atom is 0.255 e. The van der Waals surface area contributed by atoms with Gasteiger partial charge in [0.25, 0.3) is 5.91 Å². The molecule has 2 rings (SSSR count). The fourth-order valence-corrected chi connectivity index (χ4v) is 4.44. The first-order valence-corrected chi connectivity index (χ1v) is 9.48. The van der Waals surface area contributed by atoms with Crippen LogP contribution in [-0.4, -0.2) is 68.6 Å². The molecule has 0 saturated carbocycles. The number of ether oxygens (including phenoxy) is 1. The predicted molar refractivity (Wildman–Crippen MR) is 88.4 cm³/mol. The van der Waals surface area contributed by atoms with Crippen molar-refractivity contribution in [3.8, 4) is 0 Å². The molecule has 1 atom stereocenters. The van der Waals surface area contributed by atoms with Gasteiger partial charge in [0, 0.05) is 38.6 Å². The van der Waals surface area contributed by atoms with E-state index in [9.17, 15) is 13.2 Å². The summed E-state index contributed by atoms with van der Waals surface area (Å²) in [6.07, 6.45) is 3.65. The Morgan fingerprint density at radius 2 is 2.26 bits per heavy atom. The molecule has 0 radical (unpaired) electrons. The van der Waals surface area contributed by atoms with Gasteiger partial charge in [0.2, 0.25) is 0 Å². The fourth-order valence-electron chi connectivity index (χ4n) is 2.71. The maximum atomic E-state index is 12.7. The van der Waals surface area contributed by atoms with E-state index in [-0.39, 0.29) is 23.5 Å². The van der Waals surface area contributed by atoms with Crippen LogP contribution >= 0.6 is 0 Å². The summed E-state index contributed by atoms with van der Waals surface area (Å²) in [4.78, 5) is 18.4. The summed E-state index contributed by atoms with van der Waals surface area (Å²) in [5.41, 5.74) is 1.20. The van der Waals surface area contributed by atoms with E-state index in [4.69, 9.17) is 4.74 Å². The summed E-state index contributed by atoms with van der Waals surface area (Å²) < 4.78 is 28.3. The van der Waals surface area contributed by atoms with E-state index >= 15 is 0 Å². The third kappa shape index (κ3) is 4.65. The summed E-state index contributed by atoms with van der Waals surface area (Å²) in [6.45, 7) is 3.50. The largest absolute Gasteiger partial charge is 0.383 e. The van der Waals surface area contributed by atoms with E-state index in [0.717, 1.165) is 5.69 Å². The number of sulfone groups is 1. The van der Waals surface area contributed by atoms with Crippen molar-refractivity contribution in [2.45, 2.75) is 19.4 Å². The predicted octanol–water partition coefficient (Wildman–Crippen LogP) is 0.789. The highest BCUT2D eigenvalue weighted by atomic mass is 32.2. The first-order valence-electron chi connectivity index (χ1n) is 7.66. The second kappa shape index (κ2) is 7.74. The number of pyridine rings is 1. The van der Waals surface area contributed by atoms with E-state index in [0.29, 0.717) is 31.7 Å². The zero-order chi connectivity index (χ0) is 16.9. The molecular formula is C15H23N3O4S. The second-order valence-electron chi connectivity index (χ2n) is 5.53. The quantitative estimate of drug-likeness (QED) is 0.738. The van der Waals surface area contributed by atoms with Crippen LogP contribution in [-0.2, 0) is 14.6 Å². The maximum absolute atomic E-state index is 12.7. The lowest BCUT2D eigenvalue weighted by Gasteiger charge is -2.27. The number of carbonyl (C=O) groups excluding carboxylic acids is 1. The van der Waals surface area contributed by atoms with Crippen molar-refractivity contribution in [3.05, 3.63) is 24.0 Å². The molecule has 1 amide bonds. The van der Waals surface area contributed by atoms with Gasteiger partial charge in [-0.05, 0) is 19.4 Å². The highest BCUT2D eigenvalue weighted by molar-refractivity contribution is 7.91.